The van der Waals surface area contributed by atoms with Crippen LogP contribution in [0.4, 0.5) is 17.1 Å². The number of phenols is 3. The summed E-state index contributed by atoms with van der Waals surface area (Å²) in [5.41, 5.74) is 5.04. The molecule has 3 N–H and O–H groups in total. The Labute approximate surface area is 187 Å². The lowest BCUT2D eigenvalue weighted by atomic mass is 10.1. The van der Waals surface area contributed by atoms with Crippen molar-refractivity contribution in [3.8, 4) is 28.7 Å². The number of nitrogens with zero attached hydrogens (tertiary/aromatic N) is 1. The third-order valence-corrected chi connectivity index (χ3v) is 5.35. The van der Waals surface area contributed by atoms with Crippen molar-refractivity contribution >= 4 is 17.1 Å². The fourth-order valence-electron chi connectivity index (χ4n) is 3.60. The maximum atomic E-state index is 10.2. The topological polar surface area (TPSA) is 73.2 Å². The van der Waals surface area contributed by atoms with E-state index in [2.05, 4.69) is 0 Å². The molecule has 5 heteroatoms. The molecule has 32 heavy (non-hydrogen) atoms. The van der Waals surface area contributed by atoms with Gasteiger partial charge < -0.3 is 25.0 Å². The first-order valence-electron chi connectivity index (χ1n) is 10.3. The fourth-order valence-corrected chi connectivity index (χ4v) is 3.60. The van der Waals surface area contributed by atoms with Crippen LogP contribution < -0.4 is 9.64 Å². The van der Waals surface area contributed by atoms with E-state index in [1.54, 1.807) is 42.5 Å². The van der Waals surface area contributed by atoms with Crippen LogP contribution in [-0.4, -0.2) is 15.3 Å². The van der Waals surface area contributed by atoms with E-state index in [1.165, 1.54) is 0 Å². The number of phenolic OH excluding ortho intramolecular Hbond substituents is 3. The van der Waals surface area contributed by atoms with Gasteiger partial charge in [-0.3, -0.25) is 0 Å². The quantitative estimate of drug-likeness (QED) is 0.320. The summed E-state index contributed by atoms with van der Waals surface area (Å²) in [5.74, 6) is 1.76. The Morgan fingerprint density at radius 3 is 1.78 bits per heavy atom. The second-order valence-electron chi connectivity index (χ2n) is 7.82. The molecule has 0 amide bonds. The molecule has 0 radical (unpaired) electrons. The van der Waals surface area contributed by atoms with E-state index in [0.29, 0.717) is 11.5 Å². The Kier molecular flexibility index (Phi) is 5.65. The Hall–Kier alpha value is -4.12. The van der Waals surface area contributed by atoms with E-state index in [0.717, 1.165) is 33.8 Å². The lowest BCUT2D eigenvalue weighted by molar-refractivity contribution is 0.460. The number of benzene rings is 4. The predicted molar refractivity (Wildman–Crippen MR) is 127 cm³/mol. The van der Waals surface area contributed by atoms with Crippen molar-refractivity contribution in [1.29, 1.82) is 0 Å². The minimum Gasteiger partial charge on any atom is -0.508 e. The van der Waals surface area contributed by atoms with Crippen LogP contribution in [0.25, 0.3) is 0 Å². The number of ether oxygens (including phenoxy) is 1. The van der Waals surface area contributed by atoms with Gasteiger partial charge in [-0.05, 0) is 79.9 Å². The van der Waals surface area contributed by atoms with Crippen LogP contribution in [0.3, 0.4) is 0 Å². The molecule has 4 aromatic carbocycles. The average molecular weight is 428 g/mol. The Balaban J connectivity index is 1.83. The Bertz CT molecular complexity index is 1230. The molecule has 162 valence electrons. The summed E-state index contributed by atoms with van der Waals surface area (Å²) in [6, 6.07) is 23.1. The monoisotopic (exact) mass is 427 g/mol. The summed E-state index contributed by atoms with van der Waals surface area (Å²) >= 11 is 0. The van der Waals surface area contributed by atoms with Crippen molar-refractivity contribution in [3.05, 3.63) is 95.6 Å². The molecule has 4 rings (SSSR count). The Morgan fingerprint density at radius 2 is 1.19 bits per heavy atom. The molecular weight excluding hydrogens is 402 g/mol. The molecule has 0 aromatic heterocycles. The van der Waals surface area contributed by atoms with Crippen molar-refractivity contribution in [2.75, 3.05) is 4.90 Å². The maximum Gasteiger partial charge on any atom is 0.129 e. The fraction of sp³-hybridized carbons (Fsp3) is 0.111. The average Bonchev–Trinajstić information content (AvgIpc) is 2.76. The van der Waals surface area contributed by atoms with Crippen LogP contribution in [0.1, 0.15) is 16.7 Å². The summed E-state index contributed by atoms with van der Waals surface area (Å²) in [6.45, 7) is 5.76. The van der Waals surface area contributed by atoms with E-state index in [9.17, 15) is 15.3 Å². The normalized spacial score (nSPS) is 10.7. The third-order valence-electron chi connectivity index (χ3n) is 5.35. The van der Waals surface area contributed by atoms with Gasteiger partial charge in [0.2, 0.25) is 0 Å². The highest BCUT2D eigenvalue weighted by Crippen LogP contribution is 2.42. The molecule has 0 unspecified atom stereocenters. The van der Waals surface area contributed by atoms with Gasteiger partial charge in [0.05, 0.1) is 11.4 Å². The summed E-state index contributed by atoms with van der Waals surface area (Å²) in [5, 5.41) is 30.1. The van der Waals surface area contributed by atoms with Gasteiger partial charge in [-0.1, -0.05) is 18.2 Å². The SMILES string of the molecule is Cc1cc(Oc2cccc(N(c3cc(O)ccc3C)c3cc(O)ccc3C)c2)ccc1O. The first-order chi connectivity index (χ1) is 15.3. The van der Waals surface area contributed by atoms with Crippen LogP contribution in [0.5, 0.6) is 28.7 Å². The van der Waals surface area contributed by atoms with E-state index in [-0.39, 0.29) is 17.2 Å². The zero-order valence-electron chi connectivity index (χ0n) is 18.2. The standard InChI is InChI=1S/C27H25NO4/c1-17-7-9-21(29)15-25(17)28(26-16-22(30)10-8-18(26)2)20-5-4-6-23(14-20)32-24-11-12-27(31)19(3)13-24/h4-16,29-31H,1-3H3. The largest absolute Gasteiger partial charge is 0.508 e. The summed E-state index contributed by atoms with van der Waals surface area (Å²) in [6.07, 6.45) is 0. The van der Waals surface area contributed by atoms with E-state index < -0.39 is 0 Å². The van der Waals surface area contributed by atoms with Gasteiger partial charge in [0, 0.05) is 23.9 Å². The van der Waals surface area contributed by atoms with E-state index in [1.807, 2.05) is 62.1 Å². The molecule has 0 saturated carbocycles. The summed E-state index contributed by atoms with van der Waals surface area (Å²) in [7, 11) is 0. The van der Waals surface area contributed by atoms with E-state index >= 15 is 0 Å². The lowest BCUT2D eigenvalue weighted by Gasteiger charge is -2.29. The Morgan fingerprint density at radius 1 is 0.594 bits per heavy atom. The highest BCUT2D eigenvalue weighted by molar-refractivity contribution is 5.81. The van der Waals surface area contributed by atoms with Gasteiger partial charge in [0.25, 0.3) is 0 Å². The van der Waals surface area contributed by atoms with Crippen LogP contribution >= 0.6 is 0 Å². The first kappa shape index (κ1) is 21.1. The molecule has 0 atom stereocenters. The van der Waals surface area contributed by atoms with Crippen LogP contribution in [0.15, 0.2) is 78.9 Å². The van der Waals surface area contributed by atoms with Crippen molar-refractivity contribution in [3.63, 3.8) is 0 Å². The highest BCUT2D eigenvalue weighted by Gasteiger charge is 2.18. The molecule has 0 bridgehead atoms. The van der Waals surface area contributed by atoms with Crippen LogP contribution in [0, 0.1) is 20.8 Å². The molecule has 0 heterocycles. The molecule has 0 spiro atoms. The van der Waals surface area contributed by atoms with Gasteiger partial charge >= 0.3 is 0 Å². The molecule has 0 fully saturated rings. The van der Waals surface area contributed by atoms with Crippen molar-refractivity contribution < 1.29 is 20.1 Å². The van der Waals surface area contributed by atoms with Gasteiger partial charge in [-0.2, -0.15) is 0 Å². The number of rotatable bonds is 5. The molecule has 0 saturated heterocycles. The number of anilines is 3. The van der Waals surface area contributed by atoms with Gasteiger partial charge in [0.15, 0.2) is 0 Å². The maximum absolute atomic E-state index is 10.2. The number of aryl methyl sites for hydroxylation is 3. The first-order valence-corrected chi connectivity index (χ1v) is 10.3. The second-order valence-corrected chi connectivity index (χ2v) is 7.82. The number of hydrogen-bond donors (Lipinski definition) is 3. The molecular formula is C27H25NO4. The van der Waals surface area contributed by atoms with Gasteiger partial charge in [-0.15, -0.1) is 0 Å². The summed E-state index contributed by atoms with van der Waals surface area (Å²) < 4.78 is 6.05. The van der Waals surface area contributed by atoms with Gasteiger partial charge in [-0.25, -0.2) is 0 Å². The zero-order valence-corrected chi connectivity index (χ0v) is 18.2. The molecule has 4 aromatic rings. The van der Waals surface area contributed by atoms with Crippen molar-refractivity contribution in [2.45, 2.75) is 20.8 Å². The summed E-state index contributed by atoms with van der Waals surface area (Å²) in [4.78, 5) is 1.99. The third kappa shape index (κ3) is 4.32. The lowest BCUT2D eigenvalue weighted by Crippen LogP contribution is -2.12. The predicted octanol–water partition coefficient (Wildman–Crippen LogP) is 6.99. The van der Waals surface area contributed by atoms with Gasteiger partial charge in [0.1, 0.15) is 28.7 Å². The molecule has 0 aliphatic carbocycles. The van der Waals surface area contributed by atoms with Crippen LogP contribution in [0.2, 0.25) is 0 Å². The number of hydrogen-bond acceptors (Lipinski definition) is 5. The minimum atomic E-state index is 0.153. The van der Waals surface area contributed by atoms with Crippen molar-refractivity contribution in [1.82, 2.24) is 0 Å². The smallest absolute Gasteiger partial charge is 0.129 e. The number of aromatic hydroxyl groups is 3. The molecule has 0 aliphatic heterocycles. The minimum absolute atomic E-state index is 0.153. The second kappa shape index (κ2) is 8.55. The van der Waals surface area contributed by atoms with Crippen LogP contribution in [-0.2, 0) is 0 Å². The molecule has 0 aliphatic rings. The highest BCUT2D eigenvalue weighted by atomic mass is 16.5. The molecule has 5 nitrogen and oxygen atoms in total. The zero-order chi connectivity index (χ0) is 22.8. The van der Waals surface area contributed by atoms with E-state index in [4.69, 9.17) is 4.74 Å². The van der Waals surface area contributed by atoms with Crippen molar-refractivity contribution in [2.24, 2.45) is 0 Å².